The van der Waals surface area contributed by atoms with E-state index in [0.29, 0.717) is 25.7 Å². The minimum atomic E-state index is -4.96. The summed E-state index contributed by atoms with van der Waals surface area (Å²) in [5.41, 5.74) is 0. The number of hydrogen-bond acceptors (Lipinski definition) is 15. The number of aliphatic hydroxyl groups excluding tert-OH is 1. The molecule has 0 aliphatic rings. The third-order valence-corrected chi connectivity index (χ3v) is 19.7. The number of esters is 4. The molecule has 0 heterocycles. The molecule has 0 aromatic carbocycles. The molecular formula is C76H148O17P2. The predicted octanol–water partition coefficient (Wildman–Crippen LogP) is 22.5. The fourth-order valence-electron chi connectivity index (χ4n) is 11.7. The Morgan fingerprint density at radius 2 is 0.484 bits per heavy atom. The van der Waals surface area contributed by atoms with Crippen molar-refractivity contribution in [2.45, 2.75) is 419 Å². The second-order valence-electron chi connectivity index (χ2n) is 27.9. The lowest BCUT2D eigenvalue weighted by molar-refractivity contribution is -0.161. The van der Waals surface area contributed by atoms with Crippen molar-refractivity contribution in [1.29, 1.82) is 0 Å². The van der Waals surface area contributed by atoms with Crippen LogP contribution in [0.15, 0.2) is 0 Å². The molecule has 0 aromatic heterocycles. The molecule has 0 amide bonds. The van der Waals surface area contributed by atoms with E-state index in [9.17, 15) is 43.2 Å². The molecule has 0 aliphatic heterocycles. The summed E-state index contributed by atoms with van der Waals surface area (Å²) in [7, 11) is -9.91. The molecule has 0 aromatic rings. The van der Waals surface area contributed by atoms with Gasteiger partial charge in [0.25, 0.3) is 0 Å². The highest BCUT2D eigenvalue weighted by molar-refractivity contribution is 7.47. The summed E-state index contributed by atoms with van der Waals surface area (Å²) in [5, 5.41) is 10.6. The van der Waals surface area contributed by atoms with Gasteiger partial charge >= 0.3 is 39.5 Å². The first-order chi connectivity index (χ1) is 46.0. The lowest BCUT2D eigenvalue weighted by atomic mass is 10.0. The van der Waals surface area contributed by atoms with E-state index < -0.39 is 97.5 Å². The third-order valence-electron chi connectivity index (χ3n) is 17.8. The first kappa shape index (κ1) is 93.1. The molecule has 0 aliphatic carbocycles. The normalized spacial score (nSPS) is 13.9. The van der Waals surface area contributed by atoms with Crippen LogP contribution in [0.4, 0.5) is 0 Å². The maximum Gasteiger partial charge on any atom is 0.472 e. The van der Waals surface area contributed by atoms with Crippen molar-refractivity contribution in [1.82, 2.24) is 0 Å². The van der Waals surface area contributed by atoms with Crippen molar-refractivity contribution < 1.29 is 80.2 Å². The Balaban J connectivity index is 5.25. The summed E-state index contributed by atoms with van der Waals surface area (Å²) in [6.07, 6.45) is 58.1. The molecule has 0 spiro atoms. The van der Waals surface area contributed by atoms with Crippen LogP contribution in [0.2, 0.25) is 0 Å². The molecule has 19 heteroatoms. The van der Waals surface area contributed by atoms with Gasteiger partial charge in [-0.1, -0.05) is 349 Å². The van der Waals surface area contributed by atoms with Crippen molar-refractivity contribution in [2.24, 2.45) is 5.92 Å². The predicted molar refractivity (Wildman–Crippen MR) is 386 cm³/mol. The van der Waals surface area contributed by atoms with Crippen LogP contribution in [-0.4, -0.2) is 96.7 Å². The first-order valence-corrected chi connectivity index (χ1v) is 42.6. The van der Waals surface area contributed by atoms with Crippen molar-refractivity contribution in [3.05, 3.63) is 0 Å². The Hall–Kier alpha value is -1.94. The zero-order chi connectivity index (χ0) is 69.8. The van der Waals surface area contributed by atoms with Crippen LogP contribution in [-0.2, 0) is 65.4 Å². The second-order valence-corrected chi connectivity index (χ2v) is 30.8. The first-order valence-electron chi connectivity index (χ1n) is 39.6. The number of hydrogen-bond donors (Lipinski definition) is 3. The van der Waals surface area contributed by atoms with Gasteiger partial charge in [-0.3, -0.25) is 37.3 Å². The Labute approximate surface area is 581 Å². The molecule has 3 N–H and O–H groups in total. The van der Waals surface area contributed by atoms with Gasteiger partial charge in [-0.05, 0) is 31.6 Å². The topological polar surface area (TPSA) is 237 Å². The largest absolute Gasteiger partial charge is 0.472 e. The van der Waals surface area contributed by atoms with Crippen LogP contribution in [0.5, 0.6) is 0 Å². The van der Waals surface area contributed by atoms with Gasteiger partial charge < -0.3 is 33.8 Å². The molecule has 0 radical (unpaired) electrons. The molecule has 0 fully saturated rings. The van der Waals surface area contributed by atoms with E-state index in [1.807, 2.05) is 0 Å². The lowest BCUT2D eigenvalue weighted by Gasteiger charge is -2.21. The summed E-state index contributed by atoms with van der Waals surface area (Å²) in [5.74, 6) is -1.38. The van der Waals surface area contributed by atoms with Gasteiger partial charge in [0.1, 0.15) is 19.3 Å². The molecule has 0 rings (SSSR count). The number of rotatable bonds is 76. The lowest BCUT2D eigenvalue weighted by Crippen LogP contribution is -2.30. The Morgan fingerprint density at radius 1 is 0.284 bits per heavy atom. The Morgan fingerprint density at radius 3 is 0.716 bits per heavy atom. The summed E-state index contributed by atoms with van der Waals surface area (Å²) in [6, 6.07) is 0. The molecule has 5 atom stereocenters. The van der Waals surface area contributed by atoms with Crippen molar-refractivity contribution in [2.75, 3.05) is 39.6 Å². The van der Waals surface area contributed by atoms with E-state index in [4.69, 9.17) is 37.0 Å². The highest BCUT2D eigenvalue weighted by Gasteiger charge is 2.30. The van der Waals surface area contributed by atoms with Gasteiger partial charge in [0.05, 0.1) is 26.4 Å². The van der Waals surface area contributed by atoms with Gasteiger partial charge in [0.15, 0.2) is 12.2 Å². The van der Waals surface area contributed by atoms with Gasteiger partial charge in [-0.15, -0.1) is 0 Å². The number of unbranched alkanes of at least 4 members (excludes halogenated alkanes) is 48. The maximum absolute atomic E-state index is 13.1. The van der Waals surface area contributed by atoms with Gasteiger partial charge in [0, 0.05) is 25.7 Å². The zero-order valence-corrected chi connectivity index (χ0v) is 63.6. The number of phosphoric acid groups is 2. The molecule has 17 nitrogen and oxygen atoms in total. The standard InChI is InChI=1S/C76H148O17P2/c1-6-9-12-15-18-21-24-27-29-31-34-37-40-47-52-57-62-76(81)92-71(65-86-73(78)59-54-49-44-38-35-33-30-28-25-22-19-16-13-10-7-2)67-90-94(82,83)88-63-70(77)64-89-95(84,85)91-68-72(66-87-74(79)60-55-50-45-42-41-43-48-53-58-69(4)5)93-75(80)61-56-51-46-39-36-32-26-23-20-17-14-11-8-3/h69-72,77H,6-68H2,1-5H3,(H,82,83)(H,84,85)/t70-,71-,72-/m1/s1. The number of phosphoric ester groups is 2. The number of carbonyl (C=O) groups excluding carboxylic acids is 4. The minimum Gasteiger partial charge on any atom is -0.462 e. The SMILES string of the molecule is CCCCCCCCCCCCCCCCCCC(=O)O[C@H](COC(=O)CCCCCCCCCCCCCCCCC)COP(=O)(O)OC[C@@H](O)COP(=O)(O)OC[C@@H](COC(=O)CCCCCCCCCCC(C)C)OC(=O)CCCCCCCCCCCCCCC. The van der Waals surface area contributed by atoms with E-state index in [0.717, 1.165) is 95.8 Å². The number of aliphatic hydroxyl groups is 1. The maximum atomic E-state index is 13.1. The summed E-state index contributed by atoms with van der Waals surface area (Å²) < 4.78 is 68.6. The third kappa shape index (κ3) is 70.3. The second kappa shape index (κ2) is 69.2. The monoisotopic (exact) mass is 1400 g/mol. The summed E-state index contributed by atoms with van der Waals surface area (Å²) >= 11 is 0. The van der Waals surface area contributed by atoms with E-state index in [-0.39, 0.29) is 25.7 Å². The molecule has 0 saturated carbocycles. The van der Waals surface area contributed by atoms with Gasteiger partial charge in [-0.2, -0.15) is 0 Å². The van der Waals surface area contributed by atoms with Crippen molar-refractivity contribution in [3.63, 3.8) is 0 Å². The molecule has 95 heavy (non-hydrogen) atoms. The van der Waals surface area contributed by atoms with Crippen LogP contribution in [0.3, 0.4) is 0 Å². The average Bonchev–Trinajstić information content (AvgIpc) is 1.39. The fourth-order valence-corrected chi connectivity index (χ4v) is 13.3. The highest BCUT2D eigenvalue weighted by Crippen LogP contribution is 2.45. The van der Waals surface area contributed by atoms with Crippen LogP contribution in [0.1, 0.15) is 401 Å². The molecule has 0 saturated heterocycles. The smallest absolute Gasteiger partial charge is 0.462 e. The highest BCUT2D eigenvalue weighted by atomic mass is 31.2. The van der Waals surface area contributed by atoms with Gasteiger partial charge in [0.2, 0.25) is 0 Å². The molecule has 2 unspecified atom stereocenters. The van der Waals surface area contributed by atoms with Crippen molar-refractivity contribution in [3.8, 4) is 0 Å². The minimum absolute atomic E-state index is 0.107. The van der Waals surface area contributed by atoms with E-state index in [1.165, 1.54) is 225 Å². The number of carbonyl (C=O) groups is 4. The fraction of sp³-hybridized carbons (Fsp3) is 0.947. The van der Waals surface area contributed by atoms with Crippen molar-refractivity contribution >= 4 is 39.5 Å². The van der Waals surface area contributed by atoms with Crippen LogP contribution in [0.25, 0.3) is 0 Å². The average molecular weight is 1400 g/mol. The van der Waals surface area contributed by atoms with E-state index in [1.54, 1.807) is 0 Å². The summed E-state index contributed by atoms with van der Waals surface area (Å²) in [4.78, 5) is 72.8. The quantitative estimate of drug-likeness (QED) is 0.0222. The van der Waals surface area contributed by atoms with Crippen LogP contribution >= 0.6 is 15.6 Å². The van der Waals surface area contributed by atoms with Gasteiger partial charge in [-0.25, -0.2) is 9.13 Å². The molecule has 0 bridgehead atoms. The van der Waals surface area contributed by atoms with Crippen LogP contribution < -0.4 is 0 Å². The molecular weight excluding hydrogens is 1250 g/mol. The van der Waals surface area contributed by atoms with E-state index in [2.05, 4.69) is 34.6 Å². The number of ether oxygens (including phenoxy) is 4. The zero-order valence-electron chi connectivity index (χ0n) is 61.8. The van der Waals surface area contributed by atoms with Crippen LogP contribution in [0, 0.1) is 5.92 Å². The Bertz CT molecular complexity index is 1820. The Kier molecular flexibility index (Phi) is 67.7. The molecule has 564 valence electrons. The summed E-state index contributed by atoms with van der Waals surface area (Å²) in [6.45, 7) is 7.27. The van der Waals surface area contributed by atoms with E-state index >= 15 is 0 Å².